The summed E-state index contributed by atoms with van der Waals surface area (Å²) in [5.74, 6) is 0.451. The molecular formula is C14H16FNO3S. The Morgan fingerprint density at radius 3 is 2.95 bits per heavy atom. The Morgan fingerprint density at radius 2 is 2.25 bits per heavy atom. The van der Waals surface area contributed by atoms with Gasteiger partial charge in [0.2, 0.25) is 5.91 Å². The molecule has 6 heteroatoms. The second kappa shape index (κ2) is 6.74. The molecule has 0 N–H and O–H groups in total. The Balaban J connectivity index is 2.15. The molecule has 108 valence electrons. The average Bonchev–Trinajstić information content (AvgIpc) is 2.76. The number of para-hydroxylation sites is 2. The molecule has 0 bridgehead atoms. The number of hydrogen-bond acceptors (Lipinski definition) is 4. The highest BCUT2D eigenvalue weighted by molar-refractivity contribution is 8.14. The van der Waals surface area contributed by atoms with Gasteiger partial charge in [-0.15, -0.1) is 0 Å². The number of carbonyl (C=O) groups is 2. The predicted octanol–water partition coefficient (Wildman–Crippen LogP) is 2.42. The fraction of sp³-hybridized carbons (Fsp3) is 0.429. The first-order chi connectivity index (χ1) is 9.61. The molecule has 1 aromatic rings. The molecule has 1 unspecified atom stereocenters. The van der Waals surface area contributed by atoms with E-state index in [0.29, 0.717) is 24.4 Å². The maximum absolute atomic E-state index is 12.2. The van der Waals surface area contributed by atoms with Crippen LogP contribution in [-0.2, 0) is 9.59 Å². The Morgan fingerprint density at radius 1 is 1.50 bits per heavy atom. The van der Waals surface area contributed by atoms with Crippen LogP contribution >= 0.6 is 11.8 Å². The second-order valence-electron chi connectivity index (χ2n) is 4.45. The van der Waals surface area contributed by atoms with Crippen molar-refractivity contribution < 1.29 is 18.7 Å². The van der Waals surface area contributed by atoms with Gasteiger partial charge in [-0.3, -0.25) is 9.59 Å². The van der Waals surface area contributed by atoms with E-state index in [1.54, 1.807) is 29.2 Å². The predicted molar refractivity (Wildman–Crippen MR) is 76.9 cm³/mol. The van der Waals surface area contributed by atoms with Crippen LogP contribution in [0, 0.1) is 0 Å². The number of anilines is 1. The molecule has 0 saturated carbocycles. The van der Waals surface area contributed by atoms with Crippen LogP contribution in [0.1, 0.15) is 13.3 Å². The third-order valence-corrected chi connectivity index (χ3v) is 3.89. The molecule has 1 fully saturated rings. The molecular weight excluding hydrogens is 281 g/mol. The van der Waals surface area contributed by atoms with Gasteiger partial charge in [0.1, 0.15) is 19.0 Å². The minimum absolute atomic E-state index is 0.00612. The first kappa shape index (κ1) is 14.8. The summed E-state index contributed by atoms with van der Waals surface area (Å²) in [6.07, 6.45) is 0.335. The van der Waals surface area contributed by atoms with Crippen molar-refractivity contribution in [3.8, 4) is 5.75 Å². The molecule has 0 aliphatic carbocycles. The number of alkyl halides is 1. The largest absolute Gasteiger partial charge is 0.489 e. The van der Waals surface area contributed by atoms with Gasteiger partial charge in [0.15, 0.2) is 5.12 Å². The highest BCUT2D eigenvalue weighted by Crippen LogP contribution is 2.34. The van der Waals surface area contributed by atoms with Crippen molar-refractivity contribution in [1.29, 1.82) is 0 Å². The fourth-order valence-corrected chi connectivity index (χ4v) is 3.09. The summed E-state index contributed by atoms with van der Waals surface area (Å²) >= 11 is 1.19. The van der Waals surface area contributed by atoms with Crippen LogP contribution in [0.5, 0.6) is 5.75 Å². The van der Waals surface area contributed by atoms with Crippen molar-refractivity contribution in [3.63, 3.8) is 0 Å². The molecule has 2 rings (SSSR count). The molecule has 1 atom stereocenters. The van der Waals surface area contributed by atoms with E-state index in [1.807, 2.05) is 0 Å². The number of thioether (sulfide) groups is 1. The van der Waals surface area contributed by atoms with Gasteiger partial charge in [-0.25, -0.2) is 4.39 Å². The molecule has 0 aromatic heterocycles. The van der Waals surface area contributed by atoms with Gasteiger partial charge < -0.3 is 9.64 Å². The Bertz CT molecular complexity index is 509. The number of halogens is 1. The van der Waals surface area contributed by atoms with Crippen LogP contribution in [-0.4, -0.2) is 36.1 Å². The van der Waals surface area contributed by atoms with Crippen molar-refractivity contribution in [2.24, 2.45) is 0 Å². The monoisotopic (exact) mass is 297 g/mol. The summed E-state index contributed by atoms with van der Waals surface area (Å²) in [6, 6.07) is 7.06. The molecule has 1 amide bonds. The standard InChI is InChI=1S/C14H16FNO3S/c1-10(17)20-11-8-14(18)16(9-11)12-4-2-3-5-13(12)19-7-6-15/h2-5,11H,6-9H2,1H3. The molecule has 1 aliphatic rings. The third kappa shape index (κ3) is 3.50. The minimum atomic E-state index is -0.578. The summed E-state index contributed by atoms with van der Waals surface area (Å²) in [4.78, 5) is 24.8. The number of benzene rings is 1. The first-order valence-electron chi connectivity index (χ1n) is 6.37. The van der Waals surface area contributed by atoms with E-state index in [1.165, 1.54) is 18.7 Å². The van der Waals surface area contributed by atoms with E-state index in [-0.39, 0.29) is 22.9 Å². The number of hydrogen-bond donors (Lipinski definition) is 0. The summed E-state index contributed by atoms with van der Waals surface area (Å²) < 4.78 is 17.5. The lowest BCUT2D eigenvalue weighted by Crippen LogP contribution is -2.25. The highest BCUT2D eigenvalue weighted by atomic mass is 32.2. The van der Waals surface area contributed by atoms with Crippen LogP contribution in [0.2, 0.25) is 0 Å². The van der Waals surface area contributed by atoms with Crippen molar-refractivity contribution in [2.45, 2.75) is 18.6 Å². The zero-order valence-electron chi connectivity index (χ0n) is 11.2. The van der Waals surface area contributed by atoms with Crippen LogP contribution in [0.15, 0.2) is 24.3 Å². The molecule has 1 aromatic carbocycles. The number of rotatable bonds is 5. The average molecular weight is 297 g/mol. The Labute approximate surface area is 121 Å². The SMILES string of the molecule is CC(=O)SC1CC(=O)N(c2ccccc2OCCF)C1. The lowest BCUT2D eigenvalue weighted by atomic mass is 10.2. The van der Waals surface area contributed by atoms with Gasteiger partial charge >= 0.3 is 0 Å². The molecule has 4 nitrogen and oxygen atoms in total. The second-order valence-corrected chi connectivity index (χ2v) is 5.92. The molecule has 20 heavy (non-hydrogen) atoms. The summed E-state index contributed by atoms with van der Waals surface area (Å²) in [7, 11) is 0. The van der Waals surface area contributed by atoms with Crippen LogP contribution in [0.4, 0.5) is 10.1 Å². The van der Waals surface area contributed by atoms with E-state index in [0.717, 1.165) is 0 Å². The smallest absolute Gasteiger partial charge is 0.228 e. The van der Waals surface area contributed by atoms with Gasteiger partial charge in [0.25, 0.3) is 0 Å². The maximum atomic E-state index is 12.2. The van der Waals surface area contributed by atoms with Crippen molar-refractivity contribution >= 4 is 28.5 Å². The van der Waals surface area contributed by atoms with Gasteiger partial charge in [-0.1, -0.05) is 23.9 Å². The summed E-state index contributed by atoms with van der Waals surface area (Å²) in [5.41, 5.74) is 0.637. The van der Waals surface area contributed by atoms with Crippen LogP contribution in [0.3, 0.4) is 0 Å². The van der Waals surface area contributed by atoms with Crippen LogP contribution < -0.4 is 9.64 Å². The van der Waals surface area contributed by atoms with Crippen LogP contribution in [0.25, 0.3) is 0 Å². The quantitative estimate of drug-likeness (QED) is 0.837. The first-order valence-corrected chi connectivity index (χ1v) is 7.25. The molecule has 0 spiro atoms. The van der Waals surface area contributed by atoms with Gasteiger partial charge in [0, 0.05) is 25.1 Å². The van der Waals surface area contributed by atoms with Gasteiger partial charge in [-0.2, -0.15) is 0 Å². The summed E-state index contributed by atoms with van der Waals surface area (Å²) in [6.45, 7) is 1.35. The van der Waals surface area contributed by atoms with Crippen molar-refractivity contribution in [3.05, 3.63) is 24.3 Å². The molecule has 0 radical (unpaired) electrons. The molecule has 1 heterocycles. The topological polar surface area (TPSA) is 46.6 Å². The van der Waals surface area contributed by atoms with E-state index in [4.69, 9.17) is 4.74 Å². The third-order valence-electron chi connectivity index (χ3n) is 2.91. The number of amides is 1. The Hall–Kier alpha value is -1.56. The van der Waals surface area contributed by atoms with Gasteiger partial charge in [0.05, 0.1) is 5.69 Å². The minimum Gasteiger partial charge on any atom is -0.489 e. The number of ether oxygens (including phenoxy) is 1. The van der Waals surface area contributed by atoms with E-state index >= 15 is 0 Å². The van der Waals surface area contributed by atoms with E-state index in [2.05, 4.69) is 0 Å². The zero-order valence-corrected chi connectivity index (χ0v) is 12.0. The summed E-state index contributed by atoms with van der Waals surface area (Å²) in [5, 5.41) is -0.0270. The maximum Gasteiger partial charge on any atom is 0.228 e. The highest BCUT2D eigenvalue weighted by Gasteiger charge is 2.33. The number of carbonyl (C=O) groups excluding carboxylic acids is 2. The van der Waals surface area contributed by atoms with Gasteiger partial charge in [-0.05, 0) is 12.1 Å². The lowest BCUT2D eigenvalue weighted by molar-refractivity contribution is -0.117. The molecule has 1 aliphatic heterocycles. The molecule has 1 saturated heterocycles. The zero-order chi connectivity index (χ0) is 14.5. The fourth-order valence-electron chi connectivity index (χ4n) is 2.17. The van der Waals surface area contributed by atoms with E-state index in [9.17, 15) is 14.0 Å². The number of nitrogens with zero attached hydrogens (tertiary/aromatic N) is 1. The Kier molecular flexibility index (Phi) is 5.00. The lowest BCUT2D eigenvalue weighted by Gasteiger charge is -2.20. The van der Waals surface area contributed by atoms with Crippen molar-refractivity contribution in [2.75, 3.05) is 24.7 Å². The van der Waals surface area contributed by atoms with E-state index < -0.39 is 6.67 Å². The normalized spacial score (nSPS) is 18.4. The van der Waals surface area contributed by atoms with Crippen molar-refractivity contribution in [1.82, 2.24) is 0 Å².